The van der Waals surface area contributed by atoms with Crippen LogP contribution in [0.3, 0.4) is 0 Å². The number of fused-ring (bicyclic) bond motifs is 1. The molecule has 1 atom stereocenters. The number of anilines is 1. The number of nitrogens with zero attached hydrogens (tertiary/aromatic N) is 1. The van der Waals surface area contributed by atoms with Crippen LogP contribution in [0.4, 0.5) is 5.69 Å². The van der Waals surface area contributed by atoms with Gasteiger partial charge >= 0.3 is 0 Å². The van der Waals surface area contributed by atoms with Crippen molar-refractivity contribution >= 4 is 17.6 Å². The topological polar surface area (TPSA) is 74.8 Å². The third kappa shape index (κ3) is 5.75. The summed E-state index contributed by atoms with van der Waals surface area (Å²) >= 11 is 0. The van der Waals surface area contributed by atoms with Crippen molar-refractivity contribution in [1.29, 1.82) is 0 Å². The summed E-state index contributed by atoms with van der Waals surface area (Å²) in [6.07, 6.45) is 0.453. The van der Waals surface area contributed by atoms with Gasteiger partial charge in [-0.05, 0) is 36.1 Å². The second kappa shape index (κ2) is 10.7. The summed E-state index contributed by atoms with van der Waals surface area (Å²) in [6, 6.07) is 16.1. The molecule has 3 N–H and O–H groups in total. The van der Waals surface area contributed by atoms with Crippen molar-refractivity contribution in [3.63, 3.8) is 0 Å². The number of benzene rings is 2. The van der Waals surface area contributed by atoms with Gasteiger partial charge < -0.3 is 20.7 Å². The number of rotatable bonds is 8. The number of nitrogens with one attached hydrogen (secondary N) is 3. The standard InChI is InChI=1S/C24H32N4O2/c1-4-25-24(26-13-14-30-22-12-8-6-9-19(22)17(2)3)27-16-18-15-23(29)28-21-11-7-5-10-20(18)21/h5-12,17-18H,4,13-16H2,1-3H3,(H,28,29)(H2,25,26,27). The predicted octanol–water partition coefficient (Wildman–Crippen LogP) is 3.87. The number of para-hydroxylation sites is 2. The van der Waals surface area contributed by atoms with Crippen molar-refractivity contribution in [2.24, 2.45) is 4.99 Å². The molecule has 3 rings (SSSR count). The molecule has 1 aliphatic rings. The lowest BCUT2D eigenvalue weighted by Crippen LogP contribution is -2.39. The van der Waals surface area contributed by atoms with Gasteiger partial charge in [-0.2, -0.15) is 0 Å². The Morgan fingerprint density at radius 2 is 1.93 bits per heavy atom. The van der Waals surface area contributed by atoms with Crippen LogP contribution in [0, 0.1) is 0 Å². The van der Waals surface area contributed by atoms with Crippen molar-refractivity contribution in [1.82, 2.24) is 10.6 Å². The average molecular weight is 409 g/mol. The van der Waals surface area contributed by atoms with Gasteiger partial charge in [-0.1, -0.05) is 50.2 Å². The van der Waals surface area contributed by atoms with Gasteiger partial charge in [0.05, 0.1) is 13.1 Å². The predicted molar refractivity (Wildman–Crippen MR) is 122 cm³/mol. The van der Waals surface area contributed by atoms with Gasteiger partial charge in [0.15, 0.2) is 5.96 Å². The summed E-state index contributed by atoms with van der Waals surface area (Å²) < 4.78 is 5.98. The molecule has 1 heterocycles. The van der Waals surface area contributed by atoms with Gasteiger partial charge in [0, 0.05) is 24.6 Å². The van der Waals surface area contributed by atoms with Gasteiger partial charge in [0.25, 0.3) is 0 Å². The van der Waals surface area contributed by atoms with Crippen LogP contribution in [0.15, 0.2) is 53.5 Å². The second-order valence-electron chi connectivity index (χ2n) is 7.72. The molecule has 1 unspecified atom stereocenters. The fourth-order valence-electron chi connectivity index (χ4n) is 3.63. The van der Waals surface area contributed by atoms with E-state index in [1.807, 2.05) is 43.3 Å². The highest BCUT2D eigenvalue weighted by Gasteiger charge is 2.24. The Morgan fingerprint density at radius 1 is 1.17 bits per heavy atom. The SMILES string of the molecule is CCNC(=NCC1CC(=O)Nc2ccccc21)NCCOc1ccccc1C(C)C. The molecule has 2 aromatic rings. The highest BCUT2D eigenvalue weighted by molar-refractivity contribution is 5.94. The Kier molecular flexibility index (Phi) is 7.71. The zero-order valence-corrected chi connectivity index (χ0v) is 18.1. The molecule has 2 aromatic carbocycles. The van der Waals surface area contributed by atoms with E-state index in [1.165, 1.54) is 5.56 Å². The molecule has 0 saturated heterocycles. The normalized spacial score (nSPS) is 16.1. The molecular formula is C24H32N4O2. The average Bonchev–Trinajstić information content (AvgIpc) is 2.74. The largest absolute Gasteiger partial charge is 0.491 e. The van der Waals surface area contributed by atoms with Crippen LogP contribution in [0.2, 0.25) is 0 Å². The van der Waals surface area contributed by atoms with Gasteiger partial charge in [0.2, 0.25) is 5.91 Å². The van der Waals surface area contributed by atoms with Gasteiger partial charge in [-0.15, -0.1) is 0 Å². The smallest absolute Gasteiger partial charge is 0.225 e. The van der Waals surface area contributed by atoms with Crippen LogP contribution in [0.5, 0.6) is 5.75 Å². The monoisotopic (exact) mass is 408 g/mol. The third-order valence-electron chi connectivity index (χ3n) is 5.11. The first-order valence-electron chi connectivity index (χ1n) is 10.7. The number of carbonyl (C=O) groups excluding carboxylic acids is 1. The molecule has 1 aliphatic heterocycles. The first-order chi connectivity index (χ1) is 14.6. The Morgan fingerprint density at radius 3 is 2.73 bits per heavy atom. The number of ether oxygens (including phenoxy) is 1. The molecule has 0 bridgehead atoms. The molecule has 0 radical (unpaired) electrons. The lowest BCUT2D eigenvalue weighted by atomic mass is 9.91. The Balaban J connectivity index is 1.56. The molecule has 0 saturated carbocycles. The Bertz CT molecular complexity index is 879. The summed E-state index contributed by atoms with van der Waals surface area (Å²) in [6.45, 7) is 8.88. The van der Waals surface area contributed by atoms with Gasteiger partial charge in [-0.25, -0.2) is 0 Å². The maximum Gasteiger partial charge on any atom is 0.225 e. The first kappa shape index (κ1) is 21.7. The summed E-state index contributed by atoms with van der Waals surface area (Å²) in [5.74, 6) is 2.22. The van der Waals surface area contributed by atoms with E-state index >= 15 is 0 Å². The van der Waals surface area contributed by atoms with Crippen LogP contribution in [0.1, 0.15) is 50.2 Å². The lowest BCUT2D eigenvalue weighted by molar-refractivity contribution is -0.116. The van der Waals surface area contributed by atoms with E-state index in [2.05, 4.69) is 41.9 Å². The van der Waals surface area contributed by atoms with Crippen LogP contribution in [-0.4, -0.2) is 38.1 Å². The minimum absolute atomic E-state index is 0.0454. The van der Waals surface area contributed by atoms with Gasteiger partial charge in [-0.3, -0.25) is 9.79 Å². The molecule has 0 aliphatic carbocycles. The number of carbonyl (C=O) groups is 1. The van der Waals surface area contributed by atoms with Crippen LogP contribution in [0.25, 0.3) is 0 Å². The zero-order chi connectivity index (χ0) is 21.3. The number of hydrogen-bond acceptors (Lipinski definition) is 3. The summed E-state index contributed by atoms with van der Waals surface area (Å²) in [5, 5.41) is 9.53. The molecule has 6 nitrogen and oxygen atoms in total. The van der Waals surface area contributed by atoms with Gasteiger partial charge in [0.1, 0.15) is 12.4 Å². The van der Waals surface area contributed by atoms with Crippen LogP contribution in [-0.2, 0) is 4.79 Å². The van der Waals surface area contributed by atoms with E-state index in [-0.39, 0.29) is 11.8 Å². The van der Waals surface area contributed by atoms with E-state index in [0.29, 0.717) is 32.0 Å². The Labute approximate surface area is 179 Å². The highest BCUT2D eigenvalue weighted by Crippen LogP contribution is 2.32. The number of amides is 1. The first-order valence-corrected chi connectivity index (χ1v) is 10.7. The third-order valence-corrected chi connectivity index (χ3v) is 5.11. The van der Waals surface area contributed by atoms with Crippen LogP contribution >= 0.6 is 0 Å². The van der Waals surface area contributed by atoms with E-state index < -0.39 is 0 Å². The molecule has 0 aromatic heterocycles. The maximum absolute atomic E-state index is 12.0. The minimum atomic E-state index is 0.0454. The summed E-state index contributed by atoms with van der Waals surface area (Å²) in [7, 11) is 0. The van der Waals surface area contributed by atoms with Crippen LogP contribution < -0.4 is 20.7 Å². The quantitative estimate of drug-likeness (QED) is 0.352. The molecule has 160 valence electrons. The van der Waals surface area contributed by atoms with E-state index in [4.69, 9.17) is 9.73 Å². The minimum Gasteiger partial charge on any atom is -0.491 e. The Hall–Kier alpha value is -3.02. The van der Waals surface area contributed by atoms with Crippen molar-refractivity contribution in [2.75, 3.05) is 31.6 Å². The van der Waals surface area contributed by atoms with E-state index in [9.17, 15) is 4.79 Å². The number of guanidine groups is 1. The number of aliphatic imine (C=N–C) groups is 1. The van der Waals surface area contributed by atoms with Crippen molar-refractivity contribution in [3.05, 3.63) is 59.7 Å². The fourth-order valence-corrected chi connectivity index (χ4v) is 3.63. The highest BCUT2D eigenvalue weighted by atomic mass is 16.5. The molecular weight excluding hydrogens is 376 g/mol. The zero-order valence-electron chi connectivity index (χ0n) is 18.1. The molecule has 0 fully saturated rings. The summed E-state index contributed by atoms with van der Waals surface area (Å²) in [4.78, 5) is 16.7. The molecule has 0 spiro atoms. The molecule has 1 amide bonds. The van der Waals surface area contributed by atoms with E-state index in [0.717, 1.165) is 29.5 Å². The maximum atomic E-state index is 12.0. The van der Waals surface area contributed by atoms with Crippen molar-refractivity contribution < 1.29 is 9.53 Å². The lowest BCUT2D eigenvalue weighted by Gasteiger charge is -2.24. The second-order valence-corrected chi connectivity index (χ2v) is 7.72. The number of hydrogen-bond donors (Lipinski definition) is 3. The van der Waals surface area contributed by atoms with E-state index in [1.54, 1.807) is 0 Å². The molecule has 6 heteroatoms. The summed E-state index contributed by atoms with van der Waals surface area (Å²) in [5.41, 5.74) is 3.25. The van der Waals surface area contributed by atoms with Crippen molar-refractivity contribution in [2.45, 2.75) is 39.0 Å². The molecule has 30 heavy (non-hydrogen) atoms. The van der Waals surface area contributed by atoms with Crippen molar-refractivity contribution in [3.8, 4) is 5.75 Å². The fraction of sp³-hybridized carbons (Fsp3) is 0.417.